The molecule has 4 rings (SSSR count). The zero-order valence-corrected chi connectivity index (χ0v) is 16.6. The van der Waals surface area contributed by atoms with Crippen LogP contribution in [0.5, 0.6) is 0 Å². The molecule has 3 aromatic heterocycles. The molecule has 1 fully saturated rings. The molecular weight excluding hydrogens is 374 g/mol. The largest absolute Gasteiger partial charge is 0.379 e. The molecule has 0 aromatic carbocycles. The van der Waals surface area contributed by atoms with Crippen LogP contribution in [0.3, 0.4) is 0 Å². The monoisotopic (exact) mass is 397 g/mol. The Labute approximate surface area is 167 Å². The number of aromatic nitrogens is 4. The molecule has 1 saturated carbocycles. The summed E-state index contributed by atoms with van der Waals surface area (Å²) in [6, 6.07) is 5.98. The van der Waals surface area contributed by atoms with Crippen LogP contribution in [0.1, 0.15) is 49.1 Å². The maximum atomic E-state index is 12.5. The molecule has 3 aromatic rings. The summed E-state index contributed by atoms with van der Waals surface area (Å²) < 4.78 is 7.73. The van der Waals surface area contributed by atoms with Gasteiger partial charge < -0.3 is 10.1 Å². The first-order valence-corrected chi connectivity index (χ1v) is 10.5. The highest BCUT2D eigenvalue weighted by Gasteiger charge is 2.25. The number of nitrogens with one attached hydrogen (secondary N) is 1. The van der Waals surface area contributed by atoms with Gasteiger partial charge in [0.05, 0.1) is 29.0 Å². The molecule has 7 nitrogen and oxygen atoms in total. The maximum absolute atomic E-state index is 12.5. The van der Waals surface area contributed by atoms with Crippen LogP contribution in [0.4, 0.5) is 5.69 Å². The van der Waals surface area contributed by atoms with Crippen molar-refractivity contribution < 1.29 is 9.53 Å². The minimum atomic E-state index is -0.238. The number of pyridine rings is 1. The van der Waals surface area contributed by atoms with Crippen LogP contribution in [0.2, 0.25) is 0 Å². The molecular formula is C20H23N5O2S. The average Bonchev–Trinajstić information content (AvgIpc) is 3.40. The SMILES string of the molecule is CCOC1CCC(n2cc(NC(=O)c3cscn3)c(-c3ccccn3)n2)CC1. The van der Waals surface area contributed by atoms with Gasteiger partial charge in [-0.15, -0.1) is 11.3 Å². The lowest BCUT2D eigenvalue weighted by Crippen LogP contribution is -2.24. The number of carbonyl (C=O) groups is 1. The first kappa shape index (κ1) is 18.8. The van der Waals surface area contributed by atoms with Crippen molar-refractivity contribution in [1.82, 2.24) is 19.7 Å². The van der Waals surface area contributed by atoms with Crippen molar-refractivity contribution >= 4 is 22.9 Å². The van der Waals surface area contributed by atoms with Crippen LogP contribution >= 0.6 is 11.3 Å². The normalized spacial score (nSPS) is 19.5. The van der Waals surface area contributed by atoms with Gasteiger partial charge >= 0.3 is 0 Å². The molecule has 0 unspecified atom stereocenters. The molecule has 146 valence electrons. The van der Waals surface area contributed by atoms with Gasteiger partial charge in [-0.1, -0.05) is 6.07 Å². The van der Waals surface area contributed by atoms with Crippen LogP contribution < -0.4 is 5.32 Å². The predicted octanol–water partition coefficient (Wildman–Crippen LogP) is 4.17. The third-order valence-corrected chi connectivity index (χ3v) is 5.56. The second-order valence-corrected chi connectivity index (χ2v) is 7.52. The Bertz CT molecular complexity index is 902. The van der Waals surface area contributed by atoms with Crippen molar-refractivity contribution in [3.63, 3.8) is 0 Å². The third-order valence-electron chi connectivity index (χ3n) is 4.97. The second-order valence-electron chi connectivity index (χ2n) is 6.80. The Morgan fingerprint density at radius 3 is 2.82 bits per heavy atom. The summed E-state index contributed by atoms with van der Waals surface area (Å²) in [7, 11) is 0. The van der Waals surface area contributed by atoms with E-state index in [1.54, 1.807) is 17.1 Å². The highest BCUT2D eigenvalue weighted by molar-refractivity contribution is 7.07. The van der Waals surface area contributed by atoms with E-state index in [4.69, 9.17) is 9.84 Å². The lowest BCUT2D eigenvalue weighted by molar-refractivity contribution is 0.0260. The van der Waals surface area contributed by atoms with Crippen LogP contribution in [0.15, 0.2) is 41.5 Å². The Morgan fingerprint density at radius 2 is 2.14 bits per heavy atom. The summed E-state index contributed by atoms with van der Waals surface area (Å²) in [4.78, 5) is 21.0. The second kappa shape index (κ2) is 8.62. The summed E-state index contributed by atoms with van der Waals surface area (Å²) in [5.41, 5.74) is 4.12. The van der Waals surface area contributed by atoms with E-state index >= 15 is 0 Å². The van der Waals surface area contributed by atoms with Gasteiger partial charge in [-0.05, 0) is 44.7 Å². The van der Waals surface area contributed by atoms with Gasteiger partial charge in [-0.2, -0.15) is 5.10 Å². The van der Waals surface area contributed by atoms with E-state index in [1.807, 2.05) is 36.0 Å². The molecule has 0 aliphatic heterocycles. The standard InChI is InChI=1S/C20H23N5O2S/c1-2-27-15-8-6-14(7-9-15)25-11-17(23-20(26)18-12-28-13-22-18)19(24-25)16-5-3-4-10-21-16/h3-5,10-15H,2,6-9H2,1H3,(H,23,26). The van der Waals surface area contributed by atoms with Crippen LogP contribution in [0.25, 0.3) is 11.4 Å². The first-order valence-electron chi connectivity index (χ1n) is 9.56. The van der Waals surface area contributed by atoms with E-state index < -0.39 is 0 Å². The highest BCUT2D eigenvalue weighted by atomic mass is 32.1. The van der Waals surface area contributed by atoms with Gasteiger partial charge in [0.25, 0.3) is 5.91 Å². The molecule has 1 amide bonds. The Balaban J connectivity index is 1.58. The van der Waals surface area contributed by atoms with E-state index in [0.717, 1.165) is 38.0 Å². The Hall–Kier alpha value is -2.58. The van der Waals surface area contributed by atoms with Crippen molar-refractivity contribution in [3.8, 4) is 11.4 Å². The molecule has 8 heteroatoms. The highest BCUT2D eigenvalue weighted by Crippen LogP contribution is 2.33. The summed E-state index contributed by atoms with van der Waals surface area (Å²) in [5.74, 6) is -0.238. The summed E-state index contributed by atoms with van der Waals surface area (Å²) in [6.07, 6.45) is 8.06. The summed E-state index contributed by atoms with van der Waals surface area (Å²) >= 11 is 1.39. The van der Waals surface area contributed by atoms with Crippen molar-refractivity contribution in [1.29, 1.82) is 0 Å². The van der Waals surface area contributed by atoms with Crippen molar-refractivity contribution in [2.24, 2.45) is 0 Å². The molecule has 0 spiro atoms. The molecule has 28 heavy (non-hydrogen) atoms. The summed E-state index contributed by atoms with van der Waals surface area (Å²) in [6.45, 7) is 2.80. The zero-order chi connectivity index (χ0) is 19.3. The fourth-order valence-corrected chi connectivity index (χ4v) is 4.12. The number of rotatable bonds is 6. The van der Waals surface area contributed by atoms with Gasteiger partial charge in [0.15, 0.2) is 0 Å². The zero-order valence-electron chi connectivity index (χ0n) is 15.7. The van der Waals surface area contributed by atoms with Crippen molar-refractivity contribution in [2.75, 3.05) is 11.9 Å². The number of hydrogen-bond donors (Lipinski definition) is 1. The van der Waals surface area contributed by atoms with E-state index in [0.29, 0.717) is 29.2 Å². The smallest absolute Gasteiger partial charge is 0.275 e. The number of amides is 1. The Kier molecular flexibility index (Phi) is 5.78. The first-order chi connectivity index (χ1) is 13.7. The van der Waals surface area contributed by atoms with E-state index in [9.17, 15) is 4.79 Å². The van der Waals surface area contributed by atoms with E-state index in [2.05, 4.69) is 15.3 Å². The lowest BCUT2D eigenvalue weighted by atomic mass is 9.93. The number of ether oxygens (including phenoxy) is 1. The quantitative estimate of drug-likeness (QED) is 0.675. The average molecular weight is 398 g/mol. The molecule has 0 saturated heterocycles. The molecule has 1 N–H and O–H groups in total. The van der Waals surface area contributed by atoms with E-state index in [-0.39, 0.29) is 5.91 Å². The predicted molar refractivity (Wildman–Crippen MR) is 108 cm³/mol. The fraction of sp³-hybridized carbons (Fsp3) is 0.400. The minimum absolute atomic E-state index is 0.238. The van der Waals surface area contributed by atoms with Gasteiger partial charge in [-0.25, -0.2) is 4.98 Å². The molecule has 0 atom stereocenters. The number of thiazole rings is 1. The van der Waals surface area contributed by atoms with Crippen molar-refractivity contribution in [3.05, 3.63) is 47.2 Å². The molecule has 0 bridgehead atoms. The molecule has 0 radical (unpaired) electrons. The number of hydrogen-bond acceptors (Lipinski definition) is 6. The summed E-state index contributed by atoms with van der Waals surface area (Å²) in [5, 5.41) is 9.48. The lowest BCUT2D eigenvalue weighted by Gasteiger charge is -2.28. The van der Waals surface area contributed by atoms with Gasteiger partial charge in [-0.3, -0.25) is 14.5 Å². The molecule has 1 aliphatic rings. The number of carbonyl (C=O) groups excluding carboxylic acids is 1. The third kappa shape index (κ3) is 4.13. The van der Waals surface area contributed by atoms with E-state index in [1.165, 1.54) is 11.3 Å². The fourth-order valence-electron chi connectivity index (χ4n) is 3.59. The maximum Gasteiger partial charge on any atom is 0.275 e. The van der Waals surface area contributed by atoms with Gasteiger partial charge in [0.1, 0.15) is 11.4 Å². The van der Waals surface area contributed by atoms with Gasteiger partial charge in [0, 0.05) is 24.4 Å². The van der Waals surface area contributed by atoms with Gasteiger partial charge in [0.2, 0.25) is 0 Å². The van der Waals surface area contributed by atoms with Crippen LogP contribution in [-0.4, -0.2) is 38.4 Å². The Morgan fingerprint density at radius 1 is 1.29 bits per heavy atom. The van der Waals surface area contributed by atoms with Crippen LogP contribution in [0, 0.1) is 0 Å². The van der Waals surface area contributed by atoms with Crippen molar-refractivity contribution in [2.45, 2.75) is 44.8 Å². The number of anilines is 1. The molecule has 1 aliphatic carbocycles. The topological polar surface area (TPSA) is 81.9 Å². The molecule has 3 heterocycles. The minimum Gasteiger partial charge on any atom is -0.379 e. The number of nitrogens with zero attached hydrogens (tertiary/aromatic N) is 4. The van der Waals surface area contributed by atoms with Crippen LogP contribution in [-0.2, 0) is 4.74 Å².